The standard InChI is InChI=1S/C20H19NO3S/c22-20(21-24-15-16-8-3-1-4-9-16)14-19(18-12-7-13-23-18)25-17-10-5-2-6-11-17/h1-13,19H,14-15H2,(H,21,22). The lowest BCUT2D eigenvalue weighted by atomic mass is 10.2. The van der Waals surface area contributed by atoms with Gasteiger partial charge in [-0.15, -0.1) is 11.8 Å². The Kier molecular flexibility index (Phi) is 6.31. The molecule has 5 heteroatoms. The largest absolute Gasteiger partial charge is 0.468 e. The fraction of sp³-hybridized carbons (Fsp3) is 0.150. The highest BCUT2D eigenvalue weighted by atomic mass is 32.2. The second kappa shape index (κ2) is 9.11. The van der Waals surface area contributed by atoms with Crippen LogP contribution in [0, 0.1) is 0 Å². The molecule has 1 amide bonds. The zero-order valence-electron chi connectivity index (χ0n) is 13.6. The minimum absolute atomic E-state index is 0.113. The van der Waals surface area contributed by atoms with Gasteiger partial charge in [-0.25, -0.2) is 5.48 Å². The molecule has 0 radical (unpaired) electrons. The fourth-order valence-electron chi connectivity index (χ4n) is 2.32. The Labute approximate surface area is 151 Å². The summed E-state index contributed by atoms with van der Waals surface area (Å²) < 4.78 is 5.50. The molecule has 0 fully saturated rings. The first-order chi connectivity index (χ1) is 12.3. The van der Waals surface area contributed by atoms with Crippen molar-refractivity contribution in [3.63, 3.8) is 0 Å². The van der Waals surface area contributed by atoms with Gasteiger partial charge in [0.1, 0.15) is 5.76 Å². The topological polar surface area (TPSA) is 51.5 Å². The van der Waals surface area contributed by atoms with Crippen molar-refractivity contribution in [3.05, 3.63) is 90.4 Å². The smallest absolute Gasteiger partial charge is 0.245 e. The summed E-state index contributed by atoms with van der Waals surface area (Å²) in [5, 5.41) is -0.113. The maximum absolute atomic E-state index is 12.2. The van der Waals surface area contributed by atoms with Crippen molar-refractivity contribution in [2.75, 3.05) is 0 Å². The first-order valence-electron chi connectivity index (χ1n) is 8.01. The molecule has 0 spiro atoms. The molecule has 3 aromatic rings. The van der Waals surface area contributed by atoms with Crippen molar-refractivity contribution in [1.82, 2.24) is 5.48 Å². The van der Waals surface area contributed by atoms with Gasteiger partial charge in [-0.1, -0.05) is 48.5 Å². The Bertz CT molecular complexity index is 760. The van der Waals surface area contributed by atoms with Crippen LogP contribution in [0.1, 0.15) is 23.0 Å². The second-order valence-electron chi connectivity index (χ2n) is 5.44. The number of nitrogens with one attached hydrogen (secondary N) is 1. The van der Waals surface area contributed by atoms with Crippen molar-refractivity contribution in [2.45, 2.75) is 23.2 Å². The molecule has 4 nitrogen and oxygen atoms in total. The molecule has 1 N–H and O–H groups in total. The van der Waals surface area contributed by atoms with Gasteiger partial charge in [0, 0.05) is 11.3 Å². The average Bonchev–Trinajstić information content (AvgIpc) is 3.18. The van der Waals surface area contributed by atoms with Crippen LogP contribution >= 0.6 is 11.8 Å². The number of rotatable bonds is 8. The molecule has 2 aromatic carbocycles. The van der Waals surface area contributed by atoms with E-state index in [1.807, 2.05) is 72.8 Å². The summed E-state index contributed by atoms with van der Waals surface area (Å²) in [6.45, 7) is 0.337. The molecule has 0 aliphatic heterocycles. The molecular formula is C20H19NO3S. The summed E-state index contributed by atoms with van der Waals surface area (Å²) in [7, 11) is 0. The summed E-state index contributed by atoms with van der Waals surface area (Å²) in [4.78, 5) is 18.6. The van der Waals surface area contributed by atoms with Crippen LogP contribution in [-0.4, -0.2) is 5.91 Å². The van der Waals surface area contributed by atoms with E-state index in [4.69, 9.17) is 9.25 Å². The minimum atomic E-state index is -0.180. The number of carbonyl (C=O) groups is 1. The zero-order chi connectivity index (χ0) is 17.3. The van der Waals surface area contributed by atoms with E-state index >= 15 is 0 Å². The molecule has 1 heterocycles. The van der Waals surface area contributed by atoms with E-state index in [0.717, 1.165) is 16.2 Å². The molecule has 0 aliphatic carbocycles. The molecule has 1 unspecified atom stereocenters. The van der Waals surface area contributed by atoms with Crippen molar-refractivity contribution in [1.29, 1.82) is 0 Å². The molecule has 0 saturated heterocycles. The number of hydroxylamine groups is 1. The number of furan rings is 1. The zero-order valence-corrected chi connectivity index (χ0v) is 14.4. The molecule has 25 heavy (non-hydrogen) atoms. The number of thioether (sulfide) groups is 1. The van der Waals surface area contributed by atoms with Crippen LogP contribution in [0.2, 0.25) is 0 Å². The second-order valence-corrected chi connectivity index (χ2v) is 6.71. The van der Waals surface area contributed by atoms with Gasteiger partial charge in [-0.3, -0.25) is 9.63 Å². The van der Waals surface area contributed by atoms with E-state index in [-0.39, 0.29) is 17.6 Å². The van der Waals surface area contributed by atoms with Gasteiger partial charge < -0.3 is 4.42 Å². The van der Waals surface area contributed by atoms with E-state index < -0.39 is 0 Å². The third kappa shape index (κ3) is 5.52. The average molecular weight is 353 g/mol. The highest BCUT2D eigenvalue weighted by molar-refractivity contribution is 7.99. The number of amides is 1. The van der Waals surface area contributed by atoms with Crippen LogP contribution in [0.25, 0.3) is 0 Å². The number of carbonyl (C=O) groups excluding carboxylic acids is 1. The van der Waals surface area contributed by atoms with Gasteiger partial charge in [-0.2, -0.15) is 0 Å². The highest BCUT2D eigenvalue weighted by Crippen LogP contribution is 2.37. The Morgan fingerprint density at radius 2 is 1.72 bits per heavy atom. The Hall–Kier alpha value is -2.50. The van der Waals surface area contributed by atoms with Crippen LogP contribution in [0.3, 0.4) is 0 Å². The third-order valence-corrected chi connectivity index (χ3v) is 4.75. The fourth-order valence-corrected chi connectivity index (χ4v) is 3.45. The van der Waals surface area contributed by atoms with Gasteiger partial charge >= 0.3 is 0 Å². The van der Waals surface area contributed by atoms with E-state index in [0.29, 0.717) is 6.61 Å². The molecular weight excluding hydrogens is 334 g/mol. The predicted octanol–water partition coefficient (Wildman–Crippen LogP) is 4.75. The maximum atomic E-state index is 12.2. The van der Waals surface area contributed by atoms with Crippen LogP contribution in [0.4, 0.5) is 0 Å². The van der Waals surface area contributed by atoms with Crippen LogP contribution in [0.5, 0.6) is 0 Å². The molecule has 0 aliphatic rings. The van der Waals surface area contributed by atoms with Crippen LogP contribution < -0.4 is 5.48 Å². The Morgan fingerprint density at radius 3 is 2.40 bits per heavy atom. The number of hydrogen-bond acceptors (Lipinski definition) is 4. The van der Waals surface area contributed by atoms with Gasteiger partial charge in [0.05, 0.1) is 18.1 Å². The number of hydrogen-bond donors (Lipinski definition) is 1. The molecule has 0 bridgehead atoms. The van der Waals surface area contributed by atoms with Crippen molar-refractivity contribution in [3.8, 4) is 0 Å². The lowest BCUT2D eigenvalue weighted by Gasteiger charge is -2.14. The quantitative estimate of drug-likeness (QED) is 0.469. The van der Waals surface area contributed by atoms with E-state index in [9.17, 15) is 4.79 Å². The van der Waals surface area contributed by atoms with Crippen molar-refractivity contribution < 1.29 is 14.0 Å². The minimum Gasteiger partial charge on any atom is -0.468 e. The maximum Gasteiger partial charge on any atom is 0.245 e. The van der Waals surface area contributed by atoms with Gasteiger partial charge in [0.15, 0.2) is 0 Å². The van der Waals surface area contributed by atoms with Gasteiger partial charge in [0.2, 0.25) is 5.91 Å². The Balaban J connectivity index is 1.55. The lowest BCUT2D eigenvalue weighted by Crippen LogP contribution is -2.24. The number of benzene rings is 2. The summed E-state index contributed by atoms with van der Waals surface area (Å²) in [5.41, 5.74) is 3.52. The highest BCUT2D eigenvalue weighted by Gasteiger charge is 2.20. The molecule has 3 rings (SSSR count). The van der Waals surface area contributed by atoms with E-state index in [1.165, 1.54) is 0 Å². The molecule has 0 saturated carbocycles. The predicted molar refractivity (Wildman–Crippen MR) is 97.7 cm³/mol. The lowest BCUT2D eigenvalue weighted by molar-refractivity contribution is -0.134. The van der Waals surface area contributed by atoms with Crippen LogP contribution in [-0.2, 0) is 16.2 Å². The van der Waals surface area contributed by atoms with E-state index in [1.54, 1.807) is 18.0 Å². The molecule has 128 valence electrons. The first kappa shape index (κ1) is 17.3. The normalized spacial score (nSPS) is 11.8. The summed E-state index contributed by atoms with van der Waals surface area (Å²) >= 11 is 1.59. The first-order valence-corrected chi connectivity index (χ1v) is 8.89. The summed E-state index contributed by atoms with van der Waals surface area (Å²) in [6.07, 6.45) is 1.89. The third-order valence-electron chi connectivity index (χ3n) is 3.52. The van der Waals surface area contributed by atoms with Crippen molar-refractivity contribution in [2.24, 2.45) is 0 Å². The SMILES string of the molecule is O=C(CC(Sc1ccccc1)c1ccco1)NOCc1ccccc1. The molecule has 1 aromatic heterocycles. The Morgan fingerprint density at radius 1 is 1.00 bits per heavy atom. The summed E-state index contributed by atoms with van der Waals surface area (Å²) in [5.74, 6) is 0.591. The summed E-state index contributed by atoms with van der Waals surface area (Å²) in [6, 6.07) is 23.4. The van der Waals surface area contributed by atoms with Gasteiger partial charge in [0.25, 0.3) is 0 Å². The van der Waals surface area contributed by atoms with Crippen molar-refractivity contribution >= 4 is 17.7 Å². The van der Waals surface area contributed by atoms with Gasteiger partial charge in [-0.05, 0) is 29.8 Å². The monoisotopic (exact) mass is 353 g/mol. The van der Waals surface area contributed by atoms with E-state index in [2.05, 4.69) is 5.48 Å². The van der Waals surface area contributed by atoms with Crippen LogP contribution in [0.15, 0.2) is 88.4 Å². The molecule has 1 atom stereocenters.